The first-order chi connectivity index (χ1) is 9.13. The predicted octanol–water partition coefficient (Wildman–Crippen LogP) is 2.41. The molecular weight excluding hydrogens is 264 g/mol. The van der Waals surface area contributed by atoms with E-state index in [1.807, 2.05) is 35.9 Å². The fourth-order valence-corrected chi connectivity index (χ4v) is 1.84. The number of halogens is 1. The van der Waals surface area contributed by atoms with Gasteiger partial charge in [-0.2, -0.15) is 4.98 Å². The number of aromatic nitrogens is 4. The van der Waals surface area contributed by atoms with E-state index < -0.39 is 0 Å². The van der Waals surface area contributed by atoms with Gasteiger partial charge in [0.2, 0.25) is 5.95 Å². The third-order valence-electron chi connectivity index (χ3n) is 2.72. The summed E-state index contributed by atoms with van der Waals surface area (Å²) in [6.45, 7) is 1.99. The summed E-state index contributed by atoms with van der Waals surface area (Å²) in [6, 6.07) is 3.81. The SMILES string of the molecule is Cc1cnc2ccc(Nc3ncc(Cl)c(N)n3)cn12. The summed E-state index contributed by atoms with van der Waals surface area (Å²) < 4.78 is 1.97. The summed E-state index contributed by atoms with van der Waals surface area (Å²) in [5, 5.41) is 3.41. The third kappa shape index (κ3) is 2.17. The van der Waals surface area contributed by atoms with Crippen LogP contribution in [0.4, 0.5) is 17.5 Å². The summed E-state index contributed by atoms with van der Waals surface area (Å²) in [5.41, 5.74) is 8.42. The molecule has 0 amide bonds. The molecule has 0 aromatic carbocycles. The first kappa shape index (κ1) is 11.7. The summed E-state index contributed by atoms with van der Waals surface area (Å²) >= 11 is 5.78. The second-order valence-electron chi connectivity index (χ2n) is 4.10. The van der Waals surface area contributed by atoms with E-state index in [1.54, 1.807) is 0 Å². The van der Waals surface area contributed by atoms with Crippen molar-refractivity contribution in [2.24, 2.45) is 0 Å². The van der Waals surface area contributed by atoms with Crippen molar-refractivity contribution >= 4 is 34.7 Å². The highest BCUT2D eigenvalue weighted by atomic mass is 35.5. The van der Waals surface area contributed by atoms with E-state index in [2.05, 4.69) is 20.3 Å². The van der Waals surface area contributed by atoms with E-state index in [4.69, 9.17) is 17.3 Å². The largest absolute Gasteiger partial charge is 0.382 e. The first-order valence-electron chi connectivity index (χ1n) is 5.62. The Balaban J connectivity index is 1.95. The smallest absolute Gasteiger partial charge is 0.229 e. The maximum atomic E-state index is 5.78. The summed E-state index contributed by atoms with van der Waals surface area (Å²) in [5.74, 6) is 0.651. The van der Waals surface area contributed by atoms with Crippen LogP contribution in [-0.4, -0.2) is 19.4 Å². The van der Waals surface area contributed by atoms with Crippen molar-refractivity contribution in [1.29, 1.82) is 0 Å². The van der Waals surface area contributed by atoms with Crippen molar-refractivity contribution in [3.63, 3.8) is 0 Å². The molecule has 0 atom stereocenters. The number of anilines is 3. The molecular formula is C12H11ClN6. The highest BCUT2D eigenvalue weighted by molar-refractivity contribution is 6.32. The van der Waals surface area contributed by atoms with Gasteiger partial charge in [-0.05, 0) is 19.1 Å². The average molecular weight is 275 g/mol. The Labute approximate surface area is 114 Å². The number of imidazole rings is 1. The maximum absolute atomic E-state index is 5.78. The monoisotopic (exact) mass is 274 g/mol. The summed E-state index contributed by atoms with van der Waals surface area (Å²) in [4.78, 5) is 12.4. The lowest BCUT2D eigenvalue weighted by molar-refractivity contribution is 1.10. The summed E-state index contributed by atoms with van der Waals surface area (Å²) in [7, 11) is 0. The van der Waals surface area contributed by atoms with Crippen molar-refractivity contribution in [1.82, 2.24) is 19.4 Å². The third-order valence-corrected chi connectivity index (χ3v) is 3.01. The standard InChI is InChI=1S/C12H11ClN6/c1-7-4-15-10-3-2-8(6-19(7)10)17-12-16-5-9(13)11(14)18-12/h2-6H,1H3,(H3,14,16,17,18). The molecule has 3 rings (SSSR count). The molecule has 0 spiro atoms. The van der Waals surface area contributed by atoms with Gasteiger partial charge in [0.15, 0.2) is 0 Å². The van der Waals surface area contributed by atoms with Gasteiger partial charge < -0.3 is 15.5 Å². The molecule has 0 radical (unpaired) electrons. The number of nitrogens with zero attached hydrogens (tertiary/aromatic N) is 4. The van der Waals surface area contributed by atoms with Gasteiger partial charge in [-0.3, -0.25) is 0 Å². The molecule has 96 valence electrons. The van der Waals surface area contributed by atoms with Gasteiger partial charge >= 0.3 is 0 Å². The van der Waals surface area contributed by atoms with Crippen LogP contribution < -0.4 is 11.1 Å². The quantitative estimate of drug-likeness (QED) is 0.750. The van der Waals surface area contributed by atoms with Gasteiger partial charge in [0.25, 0.3) is 0 Å². The lowest BCUT2D eigenvalue weighted by Crippen LogP contribution is -2.01. The number of nitrogens with two attached hydrogens (primary N) is 1. The van der Waals surface area contributed by atoms with Gasteiger partial charge in [0.1, 0.15) is 16.5 Å². The number of hydrogen-bond acceptors (Lipinski definition) is 5. The number of rotatable bonds is 2. The van der Waals surface area contributed by atoms with E-state index >= 15 is 0 Å². The molecule has 6 nitrogen and oxygen atoms in total. The molecule has 0 saturated carbocycles. The highest BCUT2D eigenvalue weighted by Crippen LogP contribution is 2.19. The Morgan fingerprint density at radius 2 is 2.11 bits per heavy atom. The molecule has 0 unspecified atom stereocenters. The molecule has 19 heavy (non-hydrogen) atoms. The van der Waals surface area contributed by atoms with Crippen molar-refractivity contribution in [3.8, 4) is 0 Å². The zero-order chi connectivity index (χ0) is 13.4. The zero-order valence-electron chi connectivity index (χ0n) is 10.1. The Kier molecular flexibility index (Phi) is 2.72. The van der Waals surface area contributed by atoms with Crippen LogP contribution in [0.2, 0.25) is 5.02 Å². The number of pyridine rings is 1. The topological polar surface area (TPSA) is 81.1 Å². The minimum atomic E-state index is 0.249. The minimum absolute atomic E-state index is 0.249. The predicted molar refractivity (Wildman–Crippen MR) is 74.7 cm³/mol. The van der Waals surface area contributed by atoms with E-state index in [0.29, 0.717) is 11.0 Å². The van der Waals surface area contributed by atoms with Gasteiger partial charge in [0, 0.05) is 18.1 Å². The zero-order valence-corrected chi connectivity index (χ0v) is 10.9. The fourth-order valence-electron chi connectivity index (χ4n) is 1.75. The molecule has 0 fully saturated rings. The molecule has 0 saturated heterocycles. The number of nitrogen functional groups attached to an aromatic ring is 1. The Morgan fingerprint density at radius 3 is 2.89 bits per heavy atom. The fraction of sp³-hybridized carbons (Fsp3) is 0.0833. The van der Waals surface area contributed by atoms with Crippen molar-refractivity contribution in [2.45, 2.75) is 6.92 Å². The summed E-state index contributed by atoms with van der Waals surface area (Å²) in [6.07, 6.45) is 5.20. The van der Waals surface area contributed by atoms with E-state index in [-0.39, 0.29) is 5.82 Å². The highest BCUT2D eigenvalue weighted by Gasteiger charge is 2.04. The van der Waals surface area contributed by atoms with Crippen molar-refractivity contribution < 1.29 is 0 Å². The lowest BCUT2D eigenvalue weighted by atomic mass is 10.4. The normalized spacial score (nSPS) is 10.8. The molecule has 3 aromatic rings. The maximum Gasteiger partial charge on any atom is 0.229 e. The van der Waals surface area contributed by atoms with Gasteiger partial charge in [-0.1, -0.05) is 11.6 Å². The van der Waals surface area contributed by atoms with Crippen molar-refractivity contribution in [2.75, 3.05) is 11.1 Å². The van der Waals surface area contributed by atoms with E-state index in [0.717, 1.165) is 17.0 Å². The van der Waals surface area contributed by atoms with Crippen LogP contribution in [0.1, 0.15) is 5.69 Å². The van der Waals surface area contributed by atoms with E-state index in [9.17, 15) is 0 Å². The molecule has 7 heteroatoms. The minimum Gasteiger partial charge on any atom is -0.382 e. The van der Waals surface area contributed by atoms with Crippen LogP contribution in [0.5, 0.6) is 0 Å². The molecule has 0 aliphatic carbocycles. The van der Waals surface area contributed by atoms with Crippen LogP contribution >= 0.6 is 11.6 Å². The Bertz CT molecular complexity index is 751. The molecule has 3 N–H and O–H groups in total. The molecule has 3 aromatic heterocycles. The number of hydrogen-bond donors (Lipinski definition) is 2. The second kappa shape index (κ2) is 4.40. The average Bonchev–Trinajstić information content (AvgIpc) is 2.76. The molecule has 0 aliphatic heterocycles. The molecule has 3 heterocycles. The van der Waals surface area contributed by atoms with E-state index in [1.165, 1.54) is 6.20 Å². The number of aryl methyl sites for hydroxylation is 1. The Hall–Kier alpha value is -2.34. The number of nitrogens with one attached hydrogen (secondary N) is 1. The van der Waals surface area contributed by atoms with Gasteiger partial charge in [-0.25, -0.2) is 9.97 Å². The van der Waals surface area contributed by atoms with Crippen LogP contribution in [0.3, 0.4) is 0 Å². The van der Waals surface area contributed by atoms with Gasteiger partial charge in [0.05, 0.1) is 11.9 Å². The molecule has 0 aliphatic rings. The van der Waals surface area contributed by atoms with Crippen LogP contribution in [-0.2, 0) is 0 Å². The second-order valence-corrected chi connectivity index (χ2v) is 4.50. The lowest BCUT2D eigenvalue weighted by Gasteiger charge is -2.06. The molecule has 0 bridgehead atoms. The Morgan fingerprint density at radius 1 is 1.26 bits per heavy atom. The van der Waals surface area contributed by atoms with Crippen LogP contribution in [0.25, 0.3) is 5.65 Å². The van der Waals surface area contributed by atoms with Crippen LogP contribution in [0, 0.1) is 6.92 Å². The van der Waals surface area contributed by atoms with Gasteiger partial charge in [-0.15, -0.1) is 0 Å². The number of fused-ring (bicyclic) bond motifs is 1. The van der Waals surface area contributed by atoms with Crippen molar-refractivity contribution in [3.05, 3.63) is 41.4 Å². The van der Waals surface area contributed by atoms with Crippen LogP contribution in [0.15, 0.2) is 30.7 Å². The first-order valence-corrected chi connectivity index (χ1v) is 6.00.